The molecule has 1 atom stereocenters. The van der Waals surface area contributed by atoms with E-state index in [1.807, 2.05) is 17.0 Å². The number of aliphatic hydroxyl groups excluding tert-OH is 1. The van der Waals surface area contributed by atoms with Gasteiger partial charge in [0.2, 0.25) is 5.91 Å². The average Bonchev–Trinajstić information content (AvgIpc) is 2.50. The Morgan fingerprint density at radius 2 is 1.76 bits per heavy atom. The standard InChI is InChI=1S/C21H34N2O2/c1-15-10-16(2)12-17(11-15)19(24)14-22-18-6-8-23(9-7-18)20(25)13-21(3,4)5/h10-12,18-19,22,24H,6-9,13-14H2,1-5H3. The van der Waals surface area contributed by atoms with Crippen LogP contribution in [0.3, 0.4) is 0 Å². The molecule has 1 saturated heterocycles. The number of hydrogen-bond donors (Lipinski definition) is 2. The van der Waals surface area contributed by atoms with Gasteiger partial charge in [-0.1, -0.05) is 50.1 Å². The Morgan fingerprint density at radius 1 is 1.20 bits per heavy atom. The van der Waals surface area contributed by atoms with Gasteiger partial charge in [-0.05, 0) is 37.7 Å². The summed E-state index contributed by atoms with van der Waals surface area (Å²) in [6, 6.07) is 6.59. The molecular formula is C21H34N2O2. The Bertz CT molecular complexity index is 564. The lowest BCUT2D eigenvalue weighted by atomic mass is 9.91. The number of benzene rings is 1. The summed E-state index contributed by atoms with van der Waals surface area (Å²) in [6.45, 7) is 12.6. The van der Waals surface area contributed by atoms with Crippen LogP contribution >= 0.6 is 0 Å². The molecule has 1 unspecified atom stereocenters. The van der Waals surface area contributed by atoms with Crippen molar-refractivity contribution in [1.82, 2.24) is 10.2 Å². The lowest BCUT2D eigenvalue weighted by molar-refractivity contribution is -0.134. The first-order valence-electron chi connectivity index (χ1n) is 9.41. The number of amides is 1. The predicted octanol–water partition coefficient (Wildman–Crippen LogP) is 3.35. The number of hydrogen-bond acceptors (Lipinski definition) is 3. The Balaban J connectivity index is 1.77. The fraction of sp³-hybridized carbons (Fsp3) is 0.667. The topological polar surface area (TPSA) is 52.6 Å². The molecule has 1 amide bonds. The highest BCUT2D eigenvalue weighted by molar-refractivity contribution is 5.76. The van der Waals surface area contributed by atoms with Crippen LogP contribution in [0.5, 0.6) is 0 Å². The highest BCUT2D eigenvalue weighted by Gasteiger charge is 2.26. The van der Waals surface area contributed by atoms with Crippen LogP contribution in [0.1, 0.15) is 62.8 Å². The summed E-state index contributed by atoms with van der Waals surface area (Å²) in [5, 5.41) is 13.9. The van der Waals surface area contributed by atoms with Crippen LogP contribution < -0.4 is 5.32 Å². The van der Waals surface area contributed by atoms with E-state index in [0.29, 0.717) is 19.0 Å². The molecule has 0 bridgehead atoms. The Morgan fingerprint density at radius 3 is 2.28 bits per heavy atom. The molecule has 2 rings (SSSR count). The van der Waals surface area contributed by atoms with E-state index in [2.05, 4.69) is 46.0 Å². The van der Waals surface area contributed by atoms with Gasteiger partial charge in [-0.15, -0.1) is 0 Å². The first kappa shape index (κ1) is 19.9. The van der Waals surface area contributed by atoms with Gasteiger partial charge in [-0.2, -0.15) is 0 Å². The van der Waals surface area contributed by atoms with E-state index in [1.54, 1.807) is 0 Å². The third kappa shape index (κ3) is 6.44. The van der Waals surface area contributed by atoms with Crippen LogP contribution in [0.2, 0.25) is 0 Å². The van der Waals surface area contributed by atoms with Gasteiger partial charge in [0.05, 0.1) is 6.10 Å². The van der Waals surface area contributed by atoms with Gasteiger partial charge in [0.25, 0.3) is 0 Å². The summed E-state index contributed by atoms with van der Waals surface area (Å²) >= 11 is 0. The molecule has 0 saturated carbocycles. The van der Waals surface area contributed by atoms with Crippen molar-refractivity contribution in [2.24, 2.45) is 5.41 Å². The predicted molar refractivity (Wildman–Crippen MR) is 103 cm³/mol. The zero-order valence-corrected chi connectivity index (χ0v) is 16.4. The van der Waals surface area contributed by atoms with E-state index < -0.39 is 6.10 Å². The second-order valence-corrected chi connectivity index (χ2v) is 8.74. The molecule has 1 aromatic carbocycles. The lowest BCUT2D eigenvalue weighted by Crippen LogP contribution is -2.46. The number of likely N-dealkylation sites (tertiary alicyclic amines) is 1. The van der Waals surface area contributed by atoms with Crippen LogP contribution in [-0.2, 0) is 4.79 Å². The number of piperidine rings is 1. The summed E-state index contributed by atoms with van der Waals surface area (Å²) in [4.78, 5) is 14.3. The second-order valence-electron chi connectivity index (χ2n) is 8.74. The number of carbonyl (C=O) groups excluding carboxylic acids is 1. The van der Waals surface area contributed by atoms with Crippen LogP contribution in [-0.4, -0.2) is 41.6 Å². The molecule has 4 nitrogen and oxygen atoms in total. The molecule has 0 aromatic heterocycles. The smallest absolute Gasteiger partial charge is 0.223 e. The Kier molecular flexibility index (Phi) is 6.64. The first-order valence-corrected chi connectivity index (χ1v) is 9.41. The van der Waals surface area contributed by atoms with E-state index in [9.17, 15) is 9.90 Å². The fourth-order valence-electron chi connectivity index (χ4n) is 3.50. The monoisotopic (exact) mass is 346 g/mol. The second kappa shape index (κ2) is 8.33. The SMILES string of the molecule is Cc1cc(C)cc(C(O)CNC2CCN(C(=O)CC(C)(C)C)CC2)c1. The molecule has 140 valence electrons. The summed E-state index contributed by atoms with van der Waals surface area (Å²) < 4.78 is 0. The number of rotatable bonds is 5. The molecule has 1 aliphatic rings. The fourth-order valence-corrected chi connectivity index (χ4v) is 3.50. The third-order valence-electron chi connectivity index (χ3n) is 4.76. The molecule has 1 heterocycles. The van der Waals surface area contributed by atoms with Gasteiger partial charge >= 0.3 is 0 Å². The van der Waals surface area contributed by atoms with Crippen molar-refractivity contribution in [1.29, 1.82) is 0 Å². The maximum atomic E-state index is 12.3. The quantitative estimate of drug-likeness (QED) is 0.860. The van der Waals surface area contributed by atoms with Crippen molar-refractivity contribution in [3.63, 3.8) is 0 Å². The summed E-state index contributed by atoms with van der Waals surface area (Å²) in [5.41, 5.74) is 3.38. The van der Waals surface area contributed by atoms with Crippen molar-refractivity contribution in [3.8, 4) is 0 Å². The average molecular weight is 347 g/mol. The maximum Gasteiger partial charge on any atom is 0.223 e. The van der Waals surface area contributed by atoms with Crippen molar-refractivity contribution < 1.29 is 9.90 Å². The molecule has 0 radical (unpaired) electrons. The van der Waals surface area contributed by atoms with E-state index in [-0.39, 0.29) is 11.3 Å². The number of aliphatic hydroxyl groups is 1. The van der Waals surface area contributed by atoms with E-state index >= 15 is 0 Å². The molecule has 1 fully saturated rings. The highest BCUT2D eigenvalue weighted by Crippen LogP contribution is 2.22. The van der Waals surface area contributed by atoms with Crippen LogP contribution in [0, 0.1) is 19.3 Å². The lowest BCUT2D eigenvalue weighted by Gasteiger charge is -2.34. The Labute approximate surface area is 152 Å². The zero-order chi connectivity index (χ0) is 18.6. The van der Waals surface area contributed by atoms with Crippen molar-refractivity contribution in [2.45, 2.75) is 66.0 Å². The highest BCUT2D eigenvalue weighted by atomic mass is 16.3. The molecule has 2 N–H and O–H groups in total. The van der Waals surface area contributed by atoms with E-state index in [4.69, 9.17) is 0 Å². The summed E-state index contributed by atoms with van der Waals surface area (Å²) in [5.74, 6) is 0.265. The van der Waals surface area contributed by atoms with Crippen molar-refractivity contribution in [2.75, 3.05) is 19.6 Å². The molecule has 4 heteroatoms. The van der Waals surface area contributed by atoms with Gasteiger partial charge < -0.3 is 15.3 Å². The van der Waals surface area contributed by atoms with Gasteiger partial charge in [0.15, 0.2) is 0 Å². The maximum absolute atomic E-state index is 12.3. The van der Waals surface area contributed by atoms with Crippen molar-refractivity contribution >= 4 is 5.91 Å². The van der Waals surface area contributed by atoms with Crippen LogP contribution in [0.25, 0.3) is 0 Å². The number of carbonyl (C=O) groups is 1. The summed E-state index contributed by atoms with van der Waals surface area (Å²) in [6.07, 6.45) is 2.03. The third-order valence-corrected chi connectivity index (χ3v) is 4.76. The summed E-state index contributed by atoms with van der Waals surface area (Å²) in [7, 11) is 0. The van der Waals surface area contributed by atoms with Crippen LogP contribution in [0.15, 0.2) is 18.2 Å². The van der Waals surface area contributed by atoms with E-state index in [1.165, 1.54) is 11.1 Å². The molecule has 25 heavy (non-hydrogen) atoms. The minimum Gasteiger partial charge on any atom is -0.387 e. The number of nitrogens with one attached hydrogen (secondary N) is 1. The first-order chi connectivity index (χ1) is 11.6. The minimum atomic E-state index is -0.487. The molecule has 1 aromatic rings. The molecular weight excluding hydrogens is 312 g/mol. The normalized spacial score (nSPS) is 17.6. The molecule has 0 spiro atoms. The van der Waals surface area contributed by atoms with E-state index in [0.717, 1.165) is 31.5 Å². The zero-order valence-electron chi connectivity index (χ0n) is 16.4. The van der Waals surface area contributed by atoms with Gasteiger partial charge in [0.1, 0.15) is 0 Å². The number of nitrogens with zero attached hydrogens (tertiary/aromatic N) is 1. The molecule has 1 aliphatic heterocycles. The largest absolute Gasteiger partial charge is 0.387 e. The van der Waals surface area contributed by atoms with Gasteiger partial charge in [-0.25, -0.2) is 0 Å². The van der Waals surface area contributed by atoms with Crippen molar-refractivity contribution in [3.05, 3.63) is 34.9 Å². The van der Waals surface area contributed by atoms with Gasteiger partial charge in [-0.3, -0.25) is 4.79 Å². The molecule has 0 aliphatic carbocycles. The minimum absolute atomic E-state index is 0.0439. The number of aryl methyl sites for hydroxylation is 2. The Hall–Kier alpha value is -1.39. The van der Waals surface area contributed by atoms with Gasteiger partial charge in [0, 0.05) is 32.1 Å². The van der Waals surface area contributed by atoms with Crippen LogP contribution in [0.4, 0.5) is 0 Å².